The lowest BCUT2D eigenvalue weighted by atomic mass is 10.2. The highest BCUT2D eigenvalue weighted by Gasteiger charge is 2.18. The van der Waals surface area contributed by atoms with Gasteiger partial charge in [0.2, 0.25) is 5.91 Å². The Hall–Kier alpha value is -3.12. The zero-order valence-electron chi connectivity index (χ0n) is 13.5. The summed E-state index contributed by atoms with van der Waals surface area (Å²) >= 11 is 1.35. The largest absolute Gasteiger partial charge is 0.495 e. The second kappa shape index (κ2) is 7.19. The van der Waals surface area contributed by atoms with E-state index in [4.69, 9.17) is 10.5 Å². The Morgan fingerprint density at radius 3 is 2.48 bits per heavy atom. The van der Waals surface area contributed by atoms with E-state index in [9.17, 15) is 9.59 Å². The first-order valence-electron chi connectivity index (χ1n) is 7.53. The van der Waals surface area contributed by atoms with E-state index >= 15 is 0 Å². The van der Waals surface area contributed by atoms with Gasteiger partial charge in [-0.25, -0.2) is 0 Å². The van der Waals surface area contributed by atoms with Crippen molar-refractivity contribution >= 4 is 28.8 Å². The minimum Gasteiger partial charge on any atom is -0.495 e. The normalized spacial score (nSPS) is 10.3. The fourth-order valence-corrected chi connectivity index (χ4v) is 3.39. The SMILES string of the molecule is COc1cc(-c2ccccc2)sc1C(=O)Nc1cccc(C(N)=O)c1. The molecule has 0 aliphatic rings. The number of amides is 2. The predicted octanol–water partition coefficient (Wildman–Crippen LogP) is 3.77. The van der Waals surface area contributed by atoms with Crippen molar-refractivity contribution in [2.75, 3.05) is 12.4 Å². The molecule has 0 spiro atoms. The fourth-order valence-electron chi connectivity index (χ4n) is 2.37. The summed E-state index contributed by atoms with van der Waals surface area (Å²) in [5.74, 6) is -0.339. The number of carbonyl (C=O) groups is 2. The average molecular weight is 352 g/mol. The van der Waals surface area contributed by atoms with Crippen molar-refractivity contribution in [1.29, 1.82) is 0 Å². The molecule has 0 saturated heterocycles. The van der Waals surface area contributed by atoms with Crippen molar-refractivity contribution in [3.05, 3.63) is 71.1 Å². The van der Waals surface area contributed by atoms with Gasteiger partial charge in [0, 0.05) is 16.1 Å². The van der Waals surface area contributed by atoms with Gasteiger partial charge in [-0.1, -0.05) is 36.4 Å². The molecular formula is C19H16N2O3S. The Kier molecular flexibility index (Phi) is 4.81. The maximum Gasteiger partial charge on any atom is 0.269 e. The van der Waals surface area contributed by atoms with Crippen LogP contribution in [0.15, 0.2) is 60.7 Å². The highest BCUT2D eigenvalue weighted by atomic mass is 32.1. The minimum atomic E-state index is -0.545. The molecular weight excluding hydrogens is 336 g/mol. The van der Waals surface area contributed by atoms with Gasteiger partial charge in [-0.2, -0.15) is 0 Å². The van der Waals surface area contributed by atoms with Crippen LogP contribution in [0.2, 0.25) is 0 Å². The Morgan fingerprint density at radius 2 is 1.80 bits per heavy atom. The molecule has 0 atom stereocenters. The first-order valence-corrected chi connectivity index (χ1v) is 8.34. The summed E-state index contributed by atoms with van der Waals surface area (Å²) in [5, 5.41) is 2.78. The highest BCUT2D eigenvalue weighted by Crippen LogP contribution is 2.36. The number of nitrogens with one attached hydrogen (secondary N) is 1. The maximum atomic E-state index is 12.6. The number of hydrogen-bond acceptors (Lipinski definition) is 4. The van der Waals surface area contributed by atoms with E-state index in [0.717, 1.165) is 10.4 Å². The molecule has 3 aromatic rings. The molecule has 3 rings (SSSR count). The third-order valence-corrected chi connectivity index (χ3v) is 4.75. The van der Waals surface area contributed by atoms with Crippen LogP contribution in [0.25, 0.3) is 10.4 Å². The summed E-state index contributed by atoms with van der Waals surface area (Å²) in [6, 6.07) is 18.1. The Bertz CT molecular complexity index is 919. The van der Waals surface area contributed by atoms with Gasteiger partial charge in [0.25, 0.3) is 5.91 Å². The van der Waals surface area contributed by atoms with E-state index in [2.05, 4.69) is 5.32 Å². The average Bonchev–Trinajstić information content (AvgIpc) is 3.07. The number of benzene rings is 2. The number of hydrogen-bond donors (Lipinski definition) is 2. The molecule has 0 radical (unpaired) electrons. The number of rotatable bonds is 5. The molecule has 2 amide bonds. The van der Waals surface area contributed by atoms with Crippen LogP contribution in [0.1, 0.15) is 20.0 Å². The van der Waals surface area contributed by atoms with Crippen LogP contribution in [0, 0.1) is 0 Å². The van der Waals surface area contributed by atoms with Gasteiger partial charge in [0.05, 0.1) is 7.11 Å². The van der Waals surface area contributed by atoms with Crippen LogP contribution in [-0.4, -0.2) is 18.9 Å². The van der Waals surface area contributed by atoms with Crippen molar-refractivity contribution in [1.82, 2.24) is 0 Å². The van der Waals surface area contributed by atoms with Crippen molar-refractivity contribution in [3.8, 4) is 16.2 Å². The number of methoxy groups -OCH3 is 1. The number of nitrogens with two attached hydrogens (primary N) is 1. The van der Waals surface area contributed by atoms with Gasteiger partial charge in [0.15, 0.2) is 0 Å². The molecule has 126 valence electrons. The fraction of sp³-hybridized carbons (Fsp3) is 0.0526. The van der Waals surface area contributed by atoms with Gasteiger partial charge in [-0.15, -0.1) is 11.3 Å². The van der Waals surface area contributed by atoms with Crippen molar-refractivity contribution in [3.63, 3.8) is 0 Å². The Morgan fingerprint density at radius 1 is 1.04 bits per heavy atom. The van der Waals surface area contributed by atoms with E-state index < -0.39 is 5.91 Å². The van der Waals surface area contributed by atoms with E-state index in [1.165, 1.54) is 18.4 Å². The summed E-state index contributed by atoms with van der Waals surface area (Å²) in [5.41, 5.74) is 7.12. The summed E-state index contributed by atoms with van der Waals surface area (Å²) in [6.45, 7) is 0. The molecule has 2 aromatic carbocycles. The second-order valence-electron chi connectivity index (χ2n) is 5.27. The molecule has 0 aliphatic heterocycles. The molecule has 6 heteroatoms. The molecule has 3 N–H and O–H groups in total. The summed E-state index contributed by atoms with van der Waals surface area (Å²) in [6.07, 6.45) is 0. The minimum absolute atomic E-state index is 0.300. The second-order valence-corrected chi connectivity index (χ2v) is 6.33. The van der Waals surface area contributed by atoms with Crippen LogP contribution in [-0.2, 0) is 0 Å². The van der Waals surface area contributed by atoms with E-state index in [1.54, 1.807) is 24.3 Å². The Balaban J connectivity index is 1.88. The standard InChI is InChI=1S/C19H16N2O3S/c1-24-15-11-16(12-6-3-2-4-7-12)25-17(15)19(23)21-14-9-5-8-13(10-14)18(20)22/h2-11H,1H3,(H2,20,22)(H,21,23). The van der Waals surface area contributed by atoms with Gasteiger partial charge in [-0.05, 0) is 29.8 Å². The lowest BCUT2D eigenvalue weighted by Gasteiger charge is -2.06. The lowest BCUT2D eigenvalue weighted by Crippen LogP contribution is -2.14. The number of anilines is 1. The molecule has 5 nitrogen and oxygen atoms in total. The topological polar surface area (TPSA) is 81.4 Å². The van der Waals surface area contributed by atoms with Gasteiger partial charge < -0.3 is 15.8 Å². The summed E-state index contributed by atoms with van der Waals surface area (Å²) in [7, 11) is 1.53. The highest BCUT2D eigenvalue weighted by molar-refractivity contribution is 7.17. The molecule has 0 aliphatic carbocycles. The van der Waals surface area contributed by atoms with Crippen LogP contribution in [0.4, 0.5) is 5.69 Å². The number of primary amides is 1. The maximum absolute atomic E-state index is 12.6. The summed E-state index contributed by atoms with van der Waals surface area (Å²) in [4.78, 5) is 25.3. The molecule has 0 fully saturated rings. The van der Waals surface area contributed by atoms with Crippen molar-refractivity contribution in [2.24, 2.45) is 5.73 Å². The van der Waals surface area contributed by atoms with Gasteiger partial charge >= 0.3 is 0 Å². The molecule has 0 unspecified atom stereocenters. The molecule has 1 heterocycles. The van der Waals surface area contributed by atoms with Gasteiger partial charge in [-0.3, -0.25) is 9.59 Å². The lowest BCUT2D eigenvalue weighted by molar-refractivity contribution is 0.0996. The third-order valence-electron chi connectivity index (χ3n) is 3.59. The van der Waals surface area contributed by atoms with Crippen LogP contribution in [0.5, 0.6) is 5.75 Å². The van der Waals surface area contributed by atoms with Crippen molar-refractivity contribution in [2.45, 2.75) is 0 Å². The first-order chi connectivity index (χ1) is 12.1. The zero-order chi connectivity index (χ0) is 17.8. The smallest absolute Gasteiger partial charge is 0.269 e. The third kappa shape index (κ3) is 3.70. The predicted molar refractivity (Wildman–Crippen MR) is 99.2 cm³/mol. The molecule has 0 bridgehead atoms. The van der Waals surface area contributed by atoms with Gasteiger partial charge in [0.1, 0.15) is 10.6 Å². The Labute approximate surface area is 149 Å². The number of thiophene rings is 1. The van der Waals surface area contributed by atoms with E-state index in [1.807, 2.05) is 36.4 Å². The molecule has 1 aromatic heterocycles. The quantitative estimate of drug-likeness (QED) is 0.733. The van der Waals surface area contributed by atoms with Crippen LogP contribution in [0.3, 0.4) is 0 Å². The number of ether oxygens (including phenoxy) is 1. The molecule has 0 saturated carbocycles. The number of carbonyl (C=O) groups excluding carboxylic acids is 2. The first kappa shape index (κ1) is 16.7. The zero-order valence-corrected chi connectivity index (χ0v) is 14.3. The van der Waals surface area contributed by atoms with E-state index in [-0.39, 0.29) is 5.91 Å². The monoisotopic (exact) mass is 352 g/mol. The van der Waals surface area contributed by atoms with Crippen molar-refractivity contribution < 1.29 is 14.3 Å². The molecule has 25 heavy (non-hydrogen) atoms. The van der Waals surface area contributed by atoms with Crippen LogP contribution < -0.4 is 15.8 Å². The summed E-state index contributed by atoms with van der Waals surface area (Å²) < 4.78 is 5.34. The van der Waals surface area contributed by atoms with E-state index in [0.29, 0.717) is 21.9 Å². The van der Waals surface area contributed by atoms with Crippen LogP contribution >= 0.6 is 11.3 Å².